The van der Waals surface area contributed by atoms with Crippen molar-refractivity contribution in [1.82, 2.24) is 9.97 Å². The van der Waals surface area contributed by atoms with Crippen LogP contribution in [0.15, 0.2) is 16.6 Å². The van der Waals surface area contributed by atoms with Crippen LogP contribution in [0.2, 0.25) is 5.15 Å². The summed E-state index contributed by atoms with van der Waals surface area (Å²) in [6, 6.07) is 1.71. The third kappa shape index (κ3) is 2.42. The van der Waals surface area contributed by atoms with Gasteiger partial charge in [0.25, 0.3) is 0 Å². The fraction of sp³-hybridized carbons (Fsp3) is 0.231. The van der Waals surface area contributed by atoms with Crippen LogP contribution in [0, 0.1) is 17.5 Å². The largest absolute Gasteiger partial charge is 0.231 e. The minimum Gasteiger partial charge on any atom is -0.231 e. The average Bonchev–Trinajstić information content (AvgIpc) is 3.22. The molecule has 0 saturated heterocycles. The zero-order chi connectivity index (χ0) is 14.4. The van der Waals surface area contributed by atoms with E-state index in [1.54, 1.807) is 0 Å². The second-order valence-electron chi connectivity index (χ2n) is 4.57. The summed E-state index contributed by atoms with van der Waals surface area (Å²) in [6.45, 7) is 0. The molecule has 0 amide bonds. The van der Waals surface area contributed by atoms with E-state index < -0.39 is 17.5 Å². The molecule has 0 aliphatic heterocycles. The molecule has 20 heavy (non-hydrogen) atoms. The summed E-state index contributed by atoms with van der Waals surface area (Å²) in [5.41, 5.74) is 0.767. The van der Waals surface area contributed by atoms with Crippen LogP contribution in [0.3, 0.4) is 0 Å². The third-order valence-corrected chi connectivity index (χ3v) is 4.33. The molecule has 1 fully saturated rings. The number of hydrogen-bond donors (Lipinski definition) is 0. The standard InChI is InChI=1S/C13H7BrClF3N2/c14-9-11(5-1-2-5)19-13(20-12(9)15)6-3-7(16)10(18)8(17)4-6/h3-5H,1-2H2. The molecule has 1 aromatic heterocycles. The Balaban J connectivity index is 2.15. The molecule has 0 unspecified atom stereocenters. The van der Waals surface area contributed by atoms with Crippen molar-refractivity contribution < 1.29 is 13.2 Å². The Morgan fingerprint density at radius 2 is 1.70 bits per heavy atom. The fourth-order valence-corrected chi connectivity index (χ4v) is 2.55. The van der Waals surface area contributed by atoms with Gasteiger partial charge in [-0.15, -0.1) is 0 Å². The normalized spacial score (nSPS) is 14.7. The second-order valence-corrected chi connectivity index (χ2v) is 5.72. The molecule has 1 aromatic carbocycles. The maximum Gasteiger partial charge on any atom is 0.194 e. The minimum atomic E-state index is -1.51. The summed E-state index contributed by atoms with van der Waals surface area (Å²) >= 11 is 9.29. The molecule has 1 heterocycles. The predicted octanol–water partition coefficient (Wildman–Crippen LogP) is 4.85. The van der Waals surface area contributed by atoms with Crippen molar-refractivity contribution in [3.63, 3.8) is 0 Å². The molecule has 1 saturated carbocycles. The minimum absolute atomic E-state index is 0.0534. The maximum absolute atomic E-state index is 13.3. The van der Waals surface area contributed by atoms with Gasteiger partial charge in [0.2, 0.25) is 0 Å². The molecular weight excluding hydrogens is 357 g/mol. The first-order valence-electron chi connectivity index (χ1n) is 5.85. The van der Waals surface area contributed by atoms with Gasteiger partial charge in [-0.1, -0.05) is 11.6 Å². The highest BCUT2D eigenvalue weighted by molar-refractivity contribution is 9.10. The van der Waals surface area contributed by atoms with E-state index in [0.717, 1.165) is 25.0 Å². The first-order chi connectivity index (χ1) is 9.47. The molecular formula is C13H7BrClF3N2. The van der Waals surface area contributed by atoms with Gasteiger partial charge in [0.1, 0.15) is 5.15 Å². The number of nitrogens with zero attached hydrogens (tertiary/aromatic N) is 2. The van der Waals surface area contributed by atoms with E-state index in [1.807, 2.05) is 0 Å². The maximum atomic E-state index is 13.3. The molecule has 2 nitrogen and oxygen atoms in total. The third-order valence-electron chi connectivity index (χ3n) is 3.04. The van der Waals surface area contributed by atoms with Crippen LogP contribution >= 0.6 is 27.5 Å². The molecule has 0 bridgehead atoms. The lowest BCUT2D eigenvalue weighted by molar-refractivity contribution is 0.447. The van der Waals surface area contributed by atoms with Crippen LogP contribution in [-0.2, 0) is 0 Å². The van der Waals surface area contributed by atoms with Crippen LogP contribution < -0.4 is 0 Å². The van der Waals surface area contributed by atoms with Crippen LogP contribution in [0.1, 0.15) is 24.5 Å². The SMILES string of the molecule is Fc1cc(-c2nc(Cl)c(Br)c(C3CC3)n2)cc(F)c1F. The highest BCUT2D eigenvalue weighted by Gasteiger charge is 2.29. The van der Waals surface area contributed by atoms with Crippen molar-refractivity contribution >= 4 is 27.5 Å². The number of hydrogen-bond acceptors (Lipinski definition) is 2. The van der Waals surface area contributed by atoms with E-state index in [9.17, 15) is 13.2 Å². The molecule has 1 aliphatic carbocycles. The number of aromatic nitrogens is 2. The van der Waals surface area contributed by atoms with Gasteiger partial charge in [0.15, 0.2) is 23.3 Å². The van der Waals surface area contributed by atoms with Gasteiger partial charge in [-0.25, -0.2) is 23.1 Å². The number of halogens is 5. The fourth-order valence-electron chi connectivity index (χ4n) is 1.88. The van der Waals surface area contributed by atoms with Gasteiger partial charge < -0.3 is 0 Å². The Kier molecular flexibility index (Phi) is 3.46. The molecule has 0 spiro atoms. The Bertz CT molecular complexity index is 681. The van der Waals surface area contributed by atoms with E-state index in [1.165, 1.54) is 0 Å². The molecule has 1 aliphatic rings. The van der Waals surface area contributed by atoms with E-state index in [0.29, 0.717) is 10.2 Å². The van der Waals surface area contributed by atoms with Crippen LogP contribution in [0.4, 0.5) is 13.2 Å². The first kappa shape index (κ1) is 13.8. The monoisotopic (exact) mass is 362 g/mol. The van der Waals surface area contributed by atoms with Crippen molar-refractivity contribution in [1.29, 1.82) is 0 Å². The summed E-state index contributed by atoms with van der Waals surface area (Å²) < 4.78 is 40.1. The Hall–Kier alpha value is -1.14. The molecule has 0 radical (unpaired) electrons. The Morgan fingerprint density at radius 1 is 1.10 bits per heavy atom. The van der Waals surface area contributed by atoms with Crippen molar-refractivity contribution in [2.24, 2.45) is 0 Å². The van der Waals surface area contributed by atoms with Gasteiger partial charge in [0.05, 0.1) is 10.2 Å². The topological polar surface area (TPSA) is 25.8 Å². The van der Waals surface area contributed by atoms with E-state index in [2.05, 4.69) is 25.9 Å². The van der Waals surface area contributed by atoms with Gasteiger partial charge >= 0.3 is 0 Å². The van der Waals surface area contributed by atoms with Crippen molar-refractivity contribution in [2.75, 3.05) is 0 Å². The summed E-state index contributed by atoms with van der Waals surface area (Å²) in [6.07, 6.45) is 1.97. The predicted molar refractivity (Wildman–Crippen MR) is 72.0 cm³/mol. The molecule has 0 N–H and O–H groups in total. The molecule has 0 atom stereocenters. The van der Waals surface area contributed by atoms with Gasteiger partial charge in [-0.2, -0.15) is 0 Å². The zero-order valence-corrected chi connectivity index (χ0v) is 12.3. The summed E-state index contributed by atoms with van der Waals surface area (Å²) in [5, 5.41) is 0.169. The van der Waals surface area contributed by atoms with E-state index in [4.69, 9.17) is 11.6 Å². The van der Waals surface area contributed by atoms with Crippen molar-refractivity contribution in [2.45, 2.75) is 18.8 Å². The van der Waals surface area contributed by atoms with Crippen molar-refractivity contribution in [3.8, 4) is 11.4 Å². The van der Waals surface area contributed by atoms with Gasteiger partial charge in [-0.3, -0.25) is 0 Å². The quantitative estimate of drug-likeness (QED) is 0.563. The molecule has 3 rings (SSSR count). The first-order valence-corrected chi connectivity index (χ1v) is 7.02. The van der Waals surface area contributed by atoms with Gasteiger partial charge in [-0.05, 0) is 40.9 Å². The lowest BCUT2D eigenvalue weighted by atomic mass is 10.2. The average molecular weight is 364 g/mol. The van der Waals surface area contributed by atoms with Gasteiger partial charge in [0, 0.05) is 11.5 Å². The number of rotatable bonds is 2. The highest BCUT2D eigenvalue weighted by Crippen LogP contribution is 2.44. The Labute approximate surface area is 126 Å². The van der Waals surface area contributed by atoms with E-state index in [-0.39, 0.29) is 22.5 Å². The smallest absolute Gasteiger partial charge is 0.194 e. The van der Waals surface area contributed by atoms with E-state index >= 15 is 0 Å². The molecule has 2 aromatic rings. The number of benzene rings is 1. The Morgan fingerprint density at radius 3 is 2.25 bits per heavy atom. The molecule has 7 heteroatoms. The molecule has 104 valence electrons. The second kappa shape index (κ2) is 5.00. The lowest BCUT2D eigenvalue weighted by Gasteiger charge is -2.08. The lowest BCUT2D eigenvalue weighted by Crippen LogP contribution is -1.99. The highest BCUT2D eigenvalue weighted by atomic mass is 79.9. The zero-order valence-electron chi connectivity index (χ0n) is 9.93. The summed E-state index contributed by atoms with van der Waals surface area (Å²) in [4.78, 5) is 8.26. The summed E-state index contributed by atoms with van der Waals surface area (Å²) in [7, 11) is 0. The van der Waals surface area contributed by atoms with Crippen molar-refractivity contribution in [3.05, 3.63) is 44.9 Å². The van der Waals surface area contributed by atoms with Crippen LogP contribution in [-0.4, -0.2) is 9.97 Å². The van der Waals surface area contributed by atoms with Crippen LogP contribution in [0.5, 0.6) is 0 Å². The summed E-state index contributed by atoms with van der Waals surface area (Å²) in [5.74, 6) is -3.72. The van der Waals surface area contributed by atoms with Crippen LogP contribution in [0.25, 0.3) is 11.4 Å².